The van der Waals surface area contributed by atoms with Gasteiger partial charge < -0.3 is 4.90 Å². The Kier molecular flexibility index (Phi) is 4.40. The number of hydrogen-bond donors (Lipinski definition) is 0. The lowest BCUT2D eigenvalue weighted by Gasteiger charge is -2.31. The first-order valence-electron chi connectivity index (χ1n) is 10.9. The molecule has 3 aromatic carbocycles. The van der Waals surface area contributed by atoms with Crippen LogP contribution in [0.4, 0.5) is 0 Å². The molecule has 156 valence electrons. The number of carbonyl (C=O) groups is 2. The van der Waals surface area contributed by atoms with Crippen molar-refractivity contribution in [2.75, 3.05) is 6.54 Å². The molecule has 1 saturated heterocycles. The predicted octanol–water partition coefficient (Wildman–Crippen LogP) is 4.84. The predicted molar refractivity (Wildman–Crippen MR) is 122 cm³/mol. The van der Waals surface area contributed by atoms with Gasteiger partial charge in [-0.15, -0.1) is 0 Å². The van der Waals surface area contributed by atoms with Crippen molar-refractivity contribution >= 4 is 11.7 Å². The van der Waals surface area contributed by atoms with Crippen molar-refractivity contribution in [2.24, 2.45) is 11.3 Å². The second-order valence-electron chi connectivity index (χ2n) is 9.13. The van der Waals surface area contributed by atoms with Crippen LogP contribution in [-0.4, -0.2) is 23.1 Å². The fraction of sp³-hybridized carbons (Fsp3) is 0.286. The highest BCUT2D eigenvalue weighted by molar-refractivity contribution is 6.14. The van der Waals surface area contributed by atoms with Crippen LogP contribution in [-0.2, 0) is 21.5 Å². The number of benzene rings is 3. The number of likely N-dealkylation sites (tertiary alicyclic amines) is 1. The van der Waals surface area contributed by atoms with Crippen molar-refractivity contribution in [2.45, 2.75) is 32.7 Å². The first-order valence-corrected chi connectivity index (χ1v) is 10.9. The molecular weight excluding hydrogens is 382 g/mol. The Morgan fingerprint density at radius 3 is 1.84 bits per heavy atom. The SMILES string of the molecule is CC(=O)C12C(=O)N(Cc3ccccc3)CC1C2(c1ccc(C)cc1)c1ccc(C)cc1. The minimum absolute atomic E-state index is 0.0285. The van der Waals surface area contributed by atoms with E-state index in [0.29, 0.717) is 13.1 Å². The quantitative estimate of drug-likeness (QED) is 0.566. The maximum absolute atomic E-state index is 13.9. The van der Waals surface area contributed by atoms with Crippen molar-refractivity contribution in [3.63, 3.8) is 0 Å². The number of ketones is 1. The molecule has 2 atom stereocenters. The molecule has 2 aliphatic rings. The Morgan fingerprint density at radius 1 is 0.871 bits per heavy atom. The molecule has 2 unspecified atom stereocenters. The minimum Gasteiger partial charge on any atom is -0.337 e. The number of Topliss-reactive ketones (excluding diaryl/α,β-unsaturated/α-hetero) is 1. The molecule has 1 heterocycles. The lowest BCUT2D eigenvalue weighted by Crippen LogP contribution is -2.42. The van der Waals surface area contributed by atoms with Gasteiger partial charge in [-0.25, -0.2) is 0 Å². The summed E-state index contributed by atoms with van der Waals surface area (Å²) in [5, 5.41) is 0. The molecule has 3 nitrogen and oxygen atoms in total. The van der Waals surface area contributed by atoms with Gasteiger partial charge in [0.15, 0.2) is 0 Å². The lowest BCUT2D eigenvalue weighted by atomic mass is 9.77. The van der Waals surface area contributed by atoms with Crippen LogP contribution < -0.4 is 0 Å². The van der Waals surface area contributed by atoms with Gasteiger partial charge in [0.2, 0.25) is 5.91 Å². The molecule has 31 heavy (non-hydrogen) atoms. The van der Waals surface area contributed by atoms with Gasteiger partial charge in [-0.05, 0) is 37.5 Å². The third kappa shape index (κ3) is 2.59. The Hall–Kier alpha value is -3.20. The average molecular weight is 410 g/mol. The number of carbonyl (C=O) groups excluding carboxylic acids is 2. The van der Waals surface area contributed by atoms with Gasteiger partial charge >= 0.3 is 0 Å². The van der Waals surface area contributed by atoms with Gasteiger partial charge in [0, 0.05) is 24.4 Å². The maximum Gasteiger partial charge on any atom is 0.238 e. The third-order valence-corrected chi connectivity index (χ3v) is 7.40. The van der Waals surface area contributed by atoms with Gasteiger partial charge in [0.25, 0.3) is 0 Å². The summed E-state index contributed by atoms with van der Waals surface area (Å²) in [6, 6.07) is 26.8. The van der Waals surface area contributed by atoms with Gasteiger partial charge in [-0.2, -0.15) is 0 Å². The fourth-order valence-corrected chi connectivity index (χ4v) is 5.97. The number of piperidine rings is 1. The molecule has 1 aliphatic carbocycles. The van der Waals surface area contributed by atoms with E-state index in [-0.39, 0.29) is 17.6 Å². The van der Waals surface area contributed by atoms with E-state index < -0.39 is 10.8 Å². The number of hydrogen-bond acceptors (Lipinski definition) is 2. The molecule has 0 spiro atoms. The largest absolute Gasteiger partial charge is 0.337 e. The van der Waals surface area contributed by atoms with Crippen LogP contribution >= 0.6 is 0 Å². The van der Waals surface area contributed by atoms with Crippen molar-refractivity contribution in [3.8, 4) is 0 Å². The van der Waals surface area contributed by atoms with Crippen molar-refractivity contribution in [1.82, 2.24) is 4.90 Å². The van der Waals surface area contributed by atoms with Crippen LogP contribution in [0.5, 0.6) is 0 Å². The smallest absolute Gasteiger partial charge is 0.238 e. The number of amides is 1. The first kappa shape index (κ1) is 19.7. The van der Waals surface area contributed by atoms with E-state index in [1.807, 2.05) is 35.2 Å². The highest BCUT2D eigenvalue weighted by atomic mass is 16.2. The summed E-state index contributed by atoms with van der Waals surface area (Å²) in [5.41, 5.74) is 3.94. The van der Waals surface area contributed by atoms with E-state index in [0.717, 1.165) is 16.7 Å². The van der Waals surface area contributed by atoms with E-state index >= 15 is 0 Å². The standard InChI is InChI=1S/C28H27NO2/c1-19-9-13-23(14-10-19)28(24-15-11-20(2)12-16-24)25-18-29(17-22-7-5-4-6-8-22)26(31)27(25,28)21(3)30/h4-16,25H,17-18H2,1-3H3. The Balaban J connectivity index is 1.63. The molecule has 0 bridgehead atoms. The van der Waals surface area contributed by atoms with Crippen LogP contribution in [0.1, 0.15) is 34.7 Å². The summed E-state index contributed by atoms with van der Waals surface area (Å²) in [6.07, 6.45) is 0. The second-order valence-corrected chi connectivity index (χ2v) is 9.13. The molecule has 1 amide bonds. The van der Waals surface area contributed by atoms with Crippen LogP contribution in [0.2, 0.25) is 0 Å². The summed E-state index contributed by atoms with van der Waals surface area (Å²) in [7, 11) is 0. The lowest BCUT2D eigenvalue weighted by molar-refractivity contribution is -0.140. The molecule has 1 saturated carbocycles. The molecule has 2 fully saturated rings. The number of rotatable bonds is 5. The Bertz CT molecular complexity index is 1100. The monoisotopic (exact) mass is 409 g/mol. The van der Waals surface area contributed by atoms with Gasteiger partial charge in [-0.1, -0.05) is 90.0 Å². The zero-order valence-electron chi connectivity index (χ0n) is 18.3. The highest BCUT2D eigenvalue weighted by Gasteiger charge is 2.87. The summed E-state index contributed by atoms with van der Waals surface area (Å²) < 4.78 is 0. The normalized spacial score (nSPS) is 23.5. The number of nitrogens with zero attached hydrogens (tertiary/aromatic N) is 1. The number of aryl methyl sites for hydroxylation is 2. The molecule has 3 heteroatoms. The van der Waals surface area contributed by atoms with Crippen LogP contribution in [0.25, 0.3) is 0 Å². The molecule has 1 aliphatic heterocycles. The maximum atomic E-state index is 13.9. The van der Waals surface area contributed by atoms with Crippen LogP contribution in [0, 0.1) is 25.2 Å². The summed E-state index contributed by atoms with van der Waals surface area (Å²) in [5.74, 6) is -0.117. The van der Waals surface area contributed by atoms with Gasteiger partial charge in [0.1, 0.15) is 11.2 Å². The molecule has 0 N–H and O–H groups in total. The van der Waals surface area contributed by atoms with E-state index in [1.165, 1.54) is 11.1 Å². The van der Waals surface area contributed by atoms with Gasteiger partial charge in [0.05, 0.1) is 0 Å². The van der Waals surface area contributed by atoms with E-state index in [9.17, 15) is 9.59 Å². The summed E-state index contributed by atoms with van der Waals surface area (Å²) in [6.45, 7) is 6.85. The third-order valence-electron chi connectivity index (χ3n) is 7.40. The Labute approximate surface area is 183 Å². The van der Waals surface area contributed by atoms with E-state index in [4.69, 9.17) is 0 Å². The first-order chi connectivity index (χ1) is 14.9. The van der Waals surface area contributed by atoms with Crippen LogP contribution in [0.15, 0.2) is 78.9 Å². The zero-order chi connectivity index (χ0) is 21.8. The molecule has 0 aromatic heterocycles. The summed E-state index contributed by atoms with van der Waals surface area (Å²) >= 11 is 0. The van der Waals surface area contributed by atoms with Crippen molar-refractivity contribution < 1.29 is 9.59 Å². The van der Waals surface area contributed by atoms with Crippen LogP contribution in [0.3, 0.4) is 0 Å². The molecule has 5 rings (SSSR count). The van der Waals surface area contributed by atoms with Crippen molar-refractivity contribution in [1.29, 1.82) is 0 Å². The highest BCUT2D eigenvalue weighted by Crippen LogP contribution is 2.76. The average Bonchev–Trinajstić information content (AvgIpc) is 3.27. The van der Waals surface area contributed by atoms with Gasteiger partial charge in [-0.3, -0.25) is 9.59 Å². The number of fused-ring (bicyclic) bond motifs is 1. The van der Waals surface area contributed by atoms with E-state index in [1.54, 1.807) is 6.92 Å². The summed E-state index contributed by atoms with van der Waals surface area (Å²) in [4.78, 5) is 29.1. The minimum atomic E-state index is -1.02. The molecule has 3 aromatic rings. The molecule has 0 radical (unpaired) electrons. The van der Waals surface area contributed by atoms with E-state index in [2.05, 4.69) is 62.4 Å². The molecular formula is C28H27NO2. The second kappa shape index (κ2) is 6.91. The topological polar surface area (TPSA) is 37.4 Å². The van der Waals surface area contributed by atoms with Crippen molar-refractivity contribution in [3.05, 3.63) is 107 Å². The Morgan fingerprint density at radius 2 is 1.39 bits per heavy atom. The fourth-order valence-electron chi connectivity index (χ4n) is 5.97. The zero-order valence-corrected chi connectivity index (χ0v) is 18.3.